The van der Waals surface area contributed by atoms with E-state index in [0.29, 0.717) is 6.42 Å². The fourth-order valence-electron chi connectivity index (χ4n) is 1.56. The Hall–Kier alpha value is -1.40. The van der Waals surface area contributed by atoms with Crippen LogP contribution in [0.15, 0.2) is 28.7 Å². The summed E-state index contributed by atoms with van der Waals surface area (Å²) in [6.07, 6.45) is 0.370. The van der Waals surface area contributed by atoms with E-state index in [2.05, 4.69) is 26.0 Å². The molecule has 0 aliphatic heterocycles. The number of halogens is 1. The number of methoxy groups -OCH3 is 2. The summed E-state index contributed by atoms with van der Waals surface area (Å²) in [4.78, 5) is 23.1. The van der Waals surface area contributed by atoms with Gasteiger partial charge in [0.2, 0.25) is 5.91 Å². The van der Waals surface area contributed by atoms with Gasteiger partial charge in [0.1, 0.15) is 12.6 Å². The molecule has 0 spiro atoms. The second-order valence-electron chi connectivity index (χ2n) is 3.91. The van der Waals surface area contributed by atoms with Gasteiger partial charge in [-0.2, -0.15) is 0 Å². The van der Waals surface area contributed by atoms with Crippen molar-refractivity contribution in [1.29, 1.82) is 0 Å². The molecule has 19 heavy (non-hydrogen) atoms. The van der Waals surface area contributed by atoms with Crippen LogP contribution in [0.3, 0.4) is 0 Å². The van der Waals surface area contributed by atoms with Crippen LogP contribution in [0.4, 0.5) is 0 Å². The normalized spacial score (nSPS) is 11.7. The first-order chi connectivity index (χ1) is 9.06. The second-order valence-corrected chi connectivity index (χ2v) is 4.82. The molecule has 5 nitrogen and oxygen atoms in total. The minimum absolute atomic E-state index is 0.0895. The van der Waals surface area contributed by atoms with Crippen molar-refractivity contribution in [3.8, 4) is 0 Å². The molecular formula is C13H16BrNO4. The molecule has 1 amide bonds. The van der Waals surface area contributed by atoms with E-state index in [1.807, 2.05) is 24.3 Å². The maximum Gasteiger partial charge on any atom is 0.328 e. The van der Waals surface area contributed by atoms with Crippen molar-refractivity contribution in [1.82, 2.24) is 5.32 Å². The lowest BCUT2D eigenvalue weighted by Gasteiger charge is -2.16. The lowest BCUT2D eigenvalue weighted by Crippen LogP contribution is -2.44. The van der Waals surface area contributed by atoms with E-state index in [0.717, 1.165) is 10.0 Å². The van der Waals surface area contributed by atoms with Crippen molar-refractivity contribution in [2.24, 2.45) is 0 Å². The molecule has 1 aromatic rings. The summed E-state index contributed by atoms with van der Waals surface area (Å²) in [7, 11) is 2.71. The molecule has 1 unspecified atom stereocenters. The Morgan fingerprint density at radius 3 is 2.42 bits per heavy atom. The average Bonchev–Trinajstić information content (AvgIpc) is 2.40. The van der Waals surface area contributed by atoms with Crippen LogP contribution in [0.1, 0.15) is 5.56 Å². The summed E-state index contributed by atoms with van der Waals surface area (Å²) in [6, 6.07) is 6.79. The largest absolute Gasteiger partial charge is 0.467 e. The first kappa shape index (κ1) is 15.7. The van der Waals surface area contributed by atoms with E-state index < -0.39 is 12.0 Å². The quantitative estimate of drug-likeness (QED) is 0.799. The molecule has 1 N–H and O–H groups in total. The Bertz CT molecular complexity index is 433. The Kier molecular flexibility index (Phi) is 6.52. The van der Waals surface area contributed by atoms with Gasteiger partial charge in [-0.25, -0.2) is 4.79 Å². The molecule has 0 heterocycles. The molecule has 0 aliphatic carbocycles. The van der Waals surface area contributed by atoms with Crippen LogP contribution >= 0.6 is 15.9 Å². The molecular weight excluding hydrogens is 314 g/mol. The lowest BCUT2D eigenvalue weighted by molar-refractivity contribution is -0.145. The fourth-order valence-corrected chi connectivity index (χ4v) is 1.82. The SMILES string of the molecule is COCC(=O)NC(Cc1ccc(Br)cc1)C(=O)OC. The minimum Gasteiger partial charge on any atom is -0.467 e. The highest BCUT2D eigenvalue weighted by Gasteiger charge is 2.21. The summed E-state index contributed by atoms with van der Waals surface area (Å²) in [5.74, 6) is -0.831. The number of benzene rings is 1. The number of esters is 1. The van der Waals surface area contributed by atoms with E-state index in [-0.39, 0.29) is 12.5 Å². The fraction of sp³-hybridized carbons (Fsp3) is 0.385. The van der Waals surface area contributed by atoms with Gasteiger partial charge in [0, 0.05) is 18.0 Å². The molecule has 0 saturated carbocycles. The predicted octanol–water partition coefficient (Wildman–Crippen LogP) is 1.30. The van der Waals surface area contributed by atoms with Crippen LogP contribution < -0.4 is 5.32 Å². The number of rotatable bonds is 6. The first-order valence-corrected chi connectivity index (χ1v) is 6.46. The van der Waals surface area contributed by atoms with Gasteiger partial charge in [-0.15, -0.1) is 0 Å². The Morgan fingerprint density at radius 2 is 1.89 bits per heavy atom. The smallest absolute Gasteiger partial charge is 0.328 e. The highest BCUT2D eigenvalue weighted by molar-refractivity contribution is 9.10. The predicted molar refractivity (Wildman–Crippen MR) is 73.7 cm³/mol. The number of amides is 1. The van der Waals surface area contributed by atoms with Gasteiger partial charge in [-0.3, -0.25) is 4.79 Å². The van der Waals surface area contributed by atoms with Gasteiger partial charge < -0.3 is 14.8 Å². The molecule has 0 bridgehead atoms. The van der Waals surface area contributed by atoms with Gasteiger partial charge in [-0.05, 0) is 17.7 Å². The standard InChI is InChI=1S/C13H16BrNO4/c1-18-8-12(16)15-11(13(17)19-2)7-9-3-5-10(14)6-4-9/h3-6,11H,7-8H2,1-2H3,(H,15,16). The van der Waals surface area contributed by atoms with Gasteiger partial charge in [0.05, 0.1) is 7.11 Å². The van der Waals surface area contributed by atoms with Gasteiger partial charge in [-0.1, -0.05) is 28.1 Å². The summed E-state index contributed by atoms with van der Waals surface area (Å²) in [5.41, 5.74) is 0.927. The van der Waals surface area contributed by atoms with Gasteiger partial charge in [0.25, 0.3) is 0 Å². The first-order valence-electron chi connectivity index (χ1n) is 5.67. The third-order valence-electron chi connectivity index (χ3n) is 2.45. The Balaban J connectivity index is 2.71. The van der Waals surface area contributed by atoms with Gasteiger partial charge in [0.15, 0.2) is 0 Å². The summed E-state index contributed by atoms with van der Waals surface area (Å²) in [5, 5.41) is 2.58. The Morgan fingerprint density at radius 1 is 1.26 bits per heavy atom. The zero-order chi connectivity index (χ0) is 14.3. The third kappa shape index (κ3) is 5.40. The molecule has 0 aliphatic rings. The monoisotopic (exact) mass is 329 g/mol. The molecule has 104 valence electrons. The number of hydrogen-bond acceptors (Lipinski definition) is 4. The van der Waals surface area contributed by atoms with E-state index in [9.17, 15) is 9.59 Å². The maximum atomic E-state index is 11.6. The van der Waals surface area contributed by atoms with Crippen LogP contribution in [0.2, 0.25) is 0 Å². The van der Waals surface area contributed by atoms with Crippen LogP contribution in [0, 0.1) is 0 Å². The number of ether oxygens (including phenoxy) is 2. The zero-order valence-electron chi connectivity index (χ0n) is 10.8. The van der Waals surface area contributed by atoms with E-state index in [4.69, 9.17) is 4.74 Å². The van der Waals surface area contributed by atoms with Crippen LogP contribution in [0.5, 0.6) is 0 Å². The van der Waals surface area contributed by atoms with Crippen molar-refractivity contribution in [2.75, 3.05) is 20.8 Å². The summed E-state index contributed by atoms with van der Waals surface area (Å²) < 4.78 is 10.4. The third-order valence-corrected chi connectivity index (χ3v) is 2.98. The second kappa shape index (κ2) is 7.91. The lowest BCUT2D eigenvalue weighted by atomic mass is 10.1. The number of carbonyl (C=O) groups is 2. The topological polar surface area (TPSA) is 64.6 Å². The van der Waals surface area contributed by atoms with Crippen molar-refractivity contribution < 1.29 is 19.1 Å². The van der Waals surface area contributed by atoms with Crippen LogP contribution in [-0.2, 0) is 25.5 Å². The van der Waals surface area contributed by atoms with Crippen molar-refractivity contribution in [3.05, 3.63) is 34.3 Å². The van der Waals surface area contributed by atoms with E-state index >= 15 is 0 Å². The molecule has 6 heteroatoms. The summed E-state index contributed by atoms with van der Waals surface area (Å²) >= 11 is 3.34. The molecule has 0 fully saturated rings. The molecule has 0 radical (unpaired) electrons. The van der Waals surface area contributed by atoms with Crippen molar-refractivity contribution in [3.63, 3.8) is 0 Å². The number of hydrogen-bond donors (Lipinski definition) is 1. The van der Waals surface area contributed by atoms with E-state index in [1.54, 1.807) is 0 Å². The molecule has 0 aromatic heterocycles. The van der Waals surface area contributed by atoms with E-state index in [1.165, 1.54) is 14.2 Å². The van der Waals surface area contributed by atoms with Crippen LogP contribution in [0.25, 0.3) is 0 Å². The molecule has 0 saturated heterocycles. The number of carbonyl (C=O) groups excluding carboxylic acids is 2. The van der Waals surface area contributed by atoms with Crippen molar-refractivity contribution >= 4 is 27.8 Å². The van der Waals surface area contributed by atoms with Gasteiger partial charge >= 0.3 is 5.97 Å². The highest BCUT2D eigenvalue weighted by atomic mass is 79.9. The number of nitrogens with one attached hydrogen (secondary N) is 1. The minimum atomic E-state index is -0.714. The average molecular weight is 330 g/mol. The summed E-state index contributed by atoms with van der Waals surface area (Å²) in [6.45, 7) is -0.0895. The molecule has 1 atom stereocenters. The van der Waals surface area contributed by atoms with Crippen molar-refractivity contribution in [2.45, 2.75) is 12.5 Å². The Labute approximate surface area is 120 Å². The molecule has 1 aromatic carbocycles. The van der Waals surface area contributed by atoms with Crippen LogP contribution in [-0.4, -0.2) is 38.7 Å². The maximum absolute atomic E-state index is 11.6. The molecule has 1 rings (SSSR count). The highest BCUT2D eigenvalue weighted by Crippen LogP contribution is 2.12. The zero-order valence-corrected chi connectivity index (χ0v) is 12.4.